The van der Waals surface area contributed by atoms with Gasteiger partial charge >= 0.3 is 0 Å². The molecular formula is C17H22FNO2. The monoisotopic (exact) mass is 291 g/mol. The van der Waals surface area contributed by atoms with Gasteiger partial charge in [0.1, 0.15) is 23.1 Å². The quantitative estimate of drug-likeness (QED) is 0.883. The summed E-state index contributed by atoms with van der Waals surface area (Å²) in [5.74, 6) is 2.05. The zero-order valence-electron chi connectivity index (χ0n) is 13.2. The molecule has 2 unspecified atom stereocenters. The largest absolute Gasteiger partial charge is 0.497 e. The van der Waals surface area contributed by atoms with E-state index in [1.165, 1.54) is 13.2 Å². The van der Waals surface area contributed by atoms with Crippen LogP contribution in [0.1, 0.15) is 48.6 Å². The van der Waals surface area contributed by atoms with Crippen LogP contribution in [0.5, 0.6) is 5.75 Å². The van der Waals surface area contributed by atoms with E-state index in [0.717, 1.165) is 17.1 Å². The van der Waals surface area contributed by atoms with Crippen LogP contribution in [0, 0.1) is 19.7 Å². The summed E-state index contributed by atoms with van der Waals surface area (Å²) in [7, 11) is 1.53. The molecule has 0 saturated heterocycles. The van der Waals surface area contributed by atoms with Gasteiger partial charge in [-0.05, 0) is 39.8 Å². The molecule has 0 spiro atoms. The molecule has 0 radical (unpaired) electrons. The number of aryl methyl sites for hydroxylation is 2. The van der Waals surface area contributed by atoms with Crippen molar-refractivity contribution in [1.29, 1.82) is 0 Å². The van der Waals surface area contributed by atoms with E-state index >= 15 is 0 Å². The van der Waals surface area contributed by atoms with Crippen molar-refractivity contribution in [2.24, 2.45) is 0 Å². The molecule has 0 saturated carbocycles. The summed E-state index contributed by atoms with van der Waals surface area (Å²) in [5, 5.41) is 3.40. The van der Waals surface area contributed by atoms with E-state index in [1.54, 1.807) is 12.1 Å². The molecule has 114 valence electrons. The van der Waals surface area contributed by atoms with Crippen molar-refractivity contribution in [3.8, 4) is 5.75 Å². The lowest BCUT2D eigenvalue weighted by Gasteiger charge is -2.21. The van der Waals surface area contributed by atoms with Gasteiger partial charge < -0.3 is 14.5 Å². The minimum absolute atomic E-state index is 0.0824. The Morgan fingerprint density at radius 3 is 2.29 bits per heavy atom. The molecule has 2 aromatic rings. The molecule has 0 aliphatic heterocycles. The van der Waals surface area contributed by atoms with Gasteiger partial charge in [0.25, 0.3) is 0 Å². The summed E-state index contributed by atoms with van der Waals surface area (Å²) in [4.78, 5) is 0. The van der Waals surface area contributed by atoms with Crippen LogP contribution in [0.4, 0.5) is 4.39 Å². The highest BCUT2D eigenvalue weighted by atomic mass is 19.1. The number of nitrogens with one attached hydrogen (secondary N) is 1. The van der Waals surface area contributed by atoms with Crippen LogP contribution in [-0.4, -0.2) is 7.11 Å². The first-order valence-corrected chi connectivity index (χ1v) is 7.08. The van der Waals surface area contributed by atoms with Gasteiger partial charge in [0, 0.05) is 29.3 Å². The van der Waals surface area contributed by atoms with E-state index in [1.807, 2.05) is 26.8 Å². The molecule has 0 bridgehead atoms. The third-order valence-corrected chi connectivity index (χ3v) is 3.72. The van der Waals surface area contributed by atoms with Gasteiger partial charge in [-0.25, -0.2) is 4.39 Å². The normalized spacial score (nSPS) is 14.0. The van der Waals surface area contributed by atoms with Crippen LogP contribution in [0.25, 0.3) is 0 Å². The van der Waals surface area contributed by atoms with E-state index in [-0.39, 0.29) is 17.9 Å². The Hall–Kier alpha value is -1.81. The molecule has 1 aromatic heterocycles. The highest BCUT2D eigenvalue weighted by Crippen LogP contribution is 2.26. The van der Waals surface area contributed by atoms with E-state index in [9.17, 15) is 4.39 Å². The van der Waals surface area contributed by atoms with Gasteiger partial charge in [-0.1, -0.05) is 6.07 Å². The van der Waals surface area contributed by atoms with E-state index in [4.69, 9.17) is 9.15 Å². The maximum absolute atomic E-state index is 14.1. The first kappa shape index (κ1) is 15.6. The minimum Gasteiger partial charge on any atom is -0.497 e. The molecular weight excluding hydrogens is 269 g/mol. The summed E-state index contributed by atoms with van der Waals surface area (Å²) in [6.07, 6.45) is 0. The predicted molar refractivity (Wildman–Crippen MR) is 81.1 cm³/mol. The smallest absolute Gasteiger partial charge is 0.131 e. The SMILES string of the molecule is COc1ccc(C(C)NC(C)c2cc(C)oc2C)c(F)c1. The average Bonchev–Trinajstić information content (AvgIpc) is 2.77. The number of ether oxygens (including phenoxy) is 1. The van der Waals surface area contributed by atoms with Crippen molar-refractivity contribution in [2.45, 2.75) is 39.8 Å². The molecule has 2 rings (SSSR count). The second kappa shape index (κ2) is 6.31. The van der Waals surface area contributed by atoms with Gasteiger partial charge in [0.2, 0.25) is 0 Å². The molecule has 3 nitrogen and oxygen atoms in total. The Bertz CT molecular complexity index is 621. The number of methoxy groups -OCH3 is 1. The molecule has 0 amide bonds. The van der Waals surface area contributed by atoms with Crippen molar-refractivity contribution >= 4 is 0 Å². The molecule has 0 aliphatic carbocycles. The van der Waals surface area contributed by atoms with Gasteiger partial charge in [0.05, 0.1) is 7.11 Å². The van der Waals surface area contributed by atoms with Crippen molar-refractivity contribution < 1.29 is 13.5 Å². The lowest BCUT2D eigenvalue weighted by atomic mass is 10.0. The molecule has 21 heavy (non-hydrogen) atoms. The van der Waals surface area contributed by atoms with Crippen LogP contribution in [0.2, 0.25) is 0 Å². The van der Waals surface area contributed by atoms with Crippen LogP contribution in [0.15, 0.2) is 28.7 Å². The Balaban J connectivity index is 2.14. The number of furan rings is 1. The number of benzene rings is 1. The van der Waals surface area contributed by atoms with Gasteiger partial charge in [-0.3, -0.25) is 0 Å². The van der Waals surface area contributed by atoms with E-state index in [2.05, 4.69) is 12.2 Å². The maximum atomic E-state index is 14.1. The average molecular weight is 291 g/mol. The highest BCUT2D eigenvalue weighted by molar-refractivity contribution is 5.31. The highest BCUT2D eigenvalue weighted by Gasteiger charge is 2.18. The number of rotatable bonds is 5. The molecule has 0 fully saturated rings. The number of hydrogen-bond acceptors (Lipinski definition) is 3. The van der Waals surface area contributed by atoms with Crippen LogP contribution >= 0.6 is 0 Å². The summed E-state index contributed by atoms with van der Waals surface area (Å²) in [6, 6.07) is 6.93. The second-order valence-corrected chi connectivity index (χ2v) is 5.37. The van der Waals surface area contributed by atoms with Gasteiger partial charge in [-0.2, -0.15) is 0 Å². The molecule has 4 heteroatoms. The summed E-state index contributed by atoms with van der Waals surface area (Å²) >= 11 is 0. The Kier molecular flexibility index (Phi) is 4.68. The first-order valence-electron chi connectivity index (χ1n) is 7.08. The third-order valence-electron chi connectivity index (χ3n) is 3.72. The van der Waals surface area contributed by atoms with Crippen LogP contribution < -0.4 is 10.1 Å². The lowest BCUT2D eigenvalue weighted by Crippen LogP contribution is -2.23. The van der Waals surface area contributed by atoms with Crippen molar-refractivity contribution in [2.75, 3.05) is 7.11 Å². The van der Waals surface area contributed by atoms with Crippen molar-refractivity contribution in [3.05, 3.63) is 52.7 Å². The Morgan fingerprint density at radius 1 is 1.10 bits per heavy atom. The predicted octanol–water partition coefficient (Wildman–Crippen LogP) is 4.46. The van der Waals surface area contributed by atoms with Crippen molar-refractivity contribution in [1.82, 2.24) is 5.32 Å². The summed E-state index contributed by atoms with van der Waals surface area (Å²) in [5.41, 5.74) is 1.73. The molecule has 1 aromatic carbocycles. The number of halogens is 1. The fourth-order valence-electron chi connectivity index (χ4n) is 2.62. The molecule has 2 atom stereocenters. The second-order valence-electron chi connectivity index (χ2n) is 5.37. The van der Waals surface area contributed by atoms with Gasteiger partial charge in [0.15, 0.2) is 0 Å². The zero-order chi connectivity index (χ0) is 15.6. The molecule has 1 N–H and O–H groups in total. The van der Waals surface area contributed by atoms with E-state index in [0.29, 0.717) is 11.3 Å². The Labute approximate surface area is 125 Å². The van der Waals surface area contributed by atoms with Crippen molar-refractivity contribution in [3.63, 3.8) is 0 Å². The Morgan fingerprint density at radius 2 is 1.76 bits per heavy atom. The molecule has 0 aliphatic rings. The fraction of sp³-hybridized carbons (Fsp3) is 0.412. The lowest BCUT2D eigenvalue weighted by molar-refractivity contribution is 0.408. The fourth-order valence-corrected chi connectivity index (χ4v) is 2.62. The minimum atomic E-state index is -0.262. The molecule has 1 heterocycles. The van der Waals surface area contributed by atoms with Crippen LogP contribution in [0.3, 0.4) is 0 Å². The zero-order valence-corrected chi connectivity index (χ0v) is 13.2. The first-order chi connectivity index (χ1) is 9.92. The maximum Gasteiger partial charge on any atom is 0.131 e. The number of hydrogen-bond donors (Lipinski definition) is 1. The van der Waals surface area contributed by atoms with Gasteiger partial charge in [-0.15, -0.1) is 0 Å². The standard InChI is InChI=1S/C17H22FNO2/c1-10-8-16(13(4)21-10)12(3)19-11(2)15-7-6-14(20-5)9-17(15)18/h6-9,11-12,19H,1-5H3. The summed E-state index contributed by atoms with van der Waals surface area (Å²) in [6.45, 7) is 7.87. The van der Waals surface area contributed by atoms with E-state index < -0.39 is 0 Å². The topological polar surface area (TPSA) is 34.4 Å². The third kappa shape index (κ3) is 3.45. The van der Waals surface area contributed by atoms with Crippen LogP contribution in [-0.2, 0) is 0 Å². The summed E-state index contributed by atoms with van der Waals surface area (Å²) < 4.78 is 24.7.